The molecule has 0 bridgehead atoms. The first-order valence-corrected chi connectivity index (χ1v) is 11.1. The molecule has 1 aliphatic heterocycles. The fraction of sp³-hybridized carbons (Fsp3) is 0.200. The summed E-state index contributed by atoms with van der Waals surface area (Å²) in [7, 11) is 0. The minimum atomic E-state index is -0.201. The number of amides is 2. The zero-order chi connectivity index (χ0) is 22.5. The highest BCUT2D eigenvalue weighted by molar-refractivity contribution is 6.31. The molecule has 164 valence electrons. The number of hydrogen-bond acceptors (Lipinski definition) is 3. The second-order valence-corrected chi connectivity index (χ2v) is 8.49. The van der Waals surface area contributed by atoms with Crippen LogP contribution in [0.25, 0.3) is 0 Å². The Labute approximate surface area is 196 Å². The van der Waals surface area contributed by atoms with Gasteiger partial charge >= 0.3 is 0 Å². The number of nitrogens with zero attached hydrogens (tertiary/aromatic N) is 1. The SMILES string of the molecule is O=C(Nc1cc(Cl)ccc1Oc1ccccc1)C1CCN(C(=O)c2ccc(Cl)cc2)CC1. The maximum absolute atomic E-state index is 12.9. The molecular formula is C25H22Cl2N2O3. The summed E-state index contributed by atoms with van der Waals surface area (Å²) in [6, 6.07) is 21.3. The quantitative estimate of drug-likeness (QED) is 0.479. The molecule has 5 nitrogen and oxygen atoms in total. The van der Waals surface area contributed by atoms with Crippen LogP contribution in [0.3, 0.4) is 0 Å². The third-order valence-electron chi connectivity index (χ3n) is 5.41. The van der Waals surface area contributed by atoms with Crippen molar-refractivity contribution in [3.63, 3.8) is 0 Å². The minimum Gasteiger partial charge on any atom is -0.455 e. The van der Waals surface area contributed by atoms with Crippen LogP contribution in [0.4, 0.5) is 5.69 Å². The number of hydrogen-bond donors (Lipinski definition) is 1. The molecule has 1 aliphatic rings. The third kappa shape index (κ3) is 5.42. The normalized spacial score (nSPS) is 14.1. The van der Waals surface area contributed by atoms with E-state index in [2.05, 4.69) is 5.32 Å². The molecule has 1 heterocycles. The van der Waals surface area contributed by atoms with Crippen molar-refractivity contribution in [2.24, 2.45) is 5.92 Å². The van der Waals surface area contributed by atoms with Crippen LogP contribution in [0.1, 0.15) is 23.2 Å². The van der Waals surface area contributed by atoms with Crippen LogP contribution in [0.2, 0.25) is 10.0 Å². The molecule has 0 unspecified atom stereocenters. The number of benzene rings is 3. The summed E-state index contributed by atoms with van der Waals surface area (Å²) in [5, 5.41) is 4.05. The highest BCUT2D eigenvalue weighted by Crippen LogP contribution is 2.33. The summed E-state index contributed by atoms with van der Waals surface area (Å²) in [5.41, 5.74) is 1.12. The van der Waals surface area contributed by atoms with Gasteiger partial charge in [-0.15, -0.1) is 0 Å². The Morgan fingerprint density at radius 2 is 1.53 bits per heavy atom. The maximum Gasteiger partial charge on any atom is 0.253 e. The number of rotatable bonds is 5. The highest BCUT2D eigenvalue weighted by Gasteiger charge is 2.28. The minimum absolute atomic E-state index is 0.0473. The fourth-order valence-electron chi connectivity index (χ4n) is 3.66. The largest absolute Gasteiger partial charge is 0.455 e. The van der Waals surface area contributed by atoms with Gasteiger partial charge in [-0.2, -0.15) is 0 Å². The van der Waals surface area contributed by atoms with Gasteiger partial charge in [-0.3, -0.25) is 9.59 Å². The molecule has 0 radical (unpaired) electrons. The molecule has 0 atom stereocenters. The maximum atomic E-state index is 12.9. The molecular weight excluding hydrogens is 447 g/mol. The van der Waals surface area contributed by atoms with Crippen LogP contribution < -0.4 is 10.1 Å². The Hall–Kier alpha value is -3.02. The van der Waals surface area contributed by atoms with Crippen LogP contribution in [0.5, 0.6) is 11.5 Å². The average Bonchev–Trinajstić information content (AvgIpc) is 2.81. The molecule has 3 aromatic carbocycles. The molecule has 4 rings (SSSR count). The van der Waals surface area contributed by atoms with E-state index in [4.69, 9.17) is 27.9 Å². The van der Waals surface area contributed by atoms with Crippen LogP contribution >= 0.6 is 23.2 Å². The Morgan fingerprint density at radius 1 is 0.875 bits per heavy atom. The number of anilines is 1. The van der Waals surface area contributed by atoms with E-state index in [9.17, 15) is 9.59 Å². The fourth-order valence-corrected chi connectivity index (χ4v) is 3.96. The number of halogens is 2. The van der Waals surface area contributed by atoms with E-state index in [0.717, 1.165) is 0 Å². The first-order valence-electron chi connectivity index (χ1n) is 10.4. The number of nitrogens with one attached hydrogen (secondary N) is 1. The molecule has 1 fully saturated rings. The van der Waals surface area contributed by atoms with E-state index >= 15 is 0 Å². The summed E-state index contributed by atoms with van der Waals surface area (Å²) >= 11 is 12.1. The van der Waals surface area contributed by atoms with E-state index in [0.29, 0.717) is 58.7 Å². The van der Waals surface area contributed by atoms with Crippen molar-refractivity contribution in [3.8, 4) is 11.5 Å². The molecule has 0 aliphatic carbocycles. The number of carbonyl (C=O) groups excluding carboxylic acids is 2. The van der Waals surface area contributed by atoms with Crippen LogP contribution in [0, 0.1) is 5.92 Å². The van der Waals surface area contributed by atoms with Crippen molar-refractivity contribution in [2.45, 2.75) is 12.8 Å². The van der Waals surface area contributed by atoms with E-state index < -0.39 is 0 Å². The van der Waals surface area contributed by atoms with Gasteiger partial charge in [-0.1, -0.05) is 41.4 Å². The number of carbonyl (C=O) groups is 2. The summed E-state index contributed by atoms with van der Waals surface area (Å²) < 4.78 is 5.92. The molecule has 2 amide bonds. The first kappa shape index (κ1) is 22.2. The van der Waals surface area contributed by atoms with Gasteiger partial charge in [-0.05, 0) is 67.4 Å². The molecule has 3 aromatic rings. The van der Waals surface area contributed by atoms with Gasteiger partial charge < -0.3 is 15.0 Å². The number of likely N-dealkylation sites (tertiary alicyclic amines) is 1. The van der Waals surface area contributed by atoms with Gasteiger partial charge in [0.2, 0.25) is 5.91 Å². The second-order valence-electron chi connectivity index (χ2n) is 7.62. The van der Waals surface area contributed by atoms with Crippen molar-refractivity contribution < 1.29 is 14.3 Å². The molecule has 1 saturated heterocycles. The van der Waals surface area contributed by atoms with Gasteiger partial charge in [0, 0.05) is 34.6 Å². The van der Waals surface area contributed by atoms with Crippen molar-refractivity contribution in [2.75, 3.05) is 18.4 Å². The summed E-state index contributed by atoms with van der Waals surface area (Å²) in [6.45, 7) is 1.03. The molecule has 7 heteroatoms. The zero-order valence-corrected chi connectivity index (χ0v) is 18.8. The monoisotopic (exact) mass is 468 g/mol. The molecule has 0 spiro atoms. The van der Waals surface area contributed by atoms with E-state index in [-0.39, 0.29) is 17.7 Å². The predicted octanol–water partition coefficient (Wildman–Crippen LogP) is 6.28. The molecule has 32 heavy (non-hydrogen) atoms. The molecule has 1 N–H and O–H groups in total. The Balaban J connectivity index is 1.38. The lowest BCUT2D eigenvalue weighted by atomic mass is 9.95. The lowest BCUT2D eigenvalue weighted by molar-refractivity contribution is -0.121. The highest BCUT2D eigenvalue weighted by atomic mass is 35.5. The summed E-state index contributed by atoms with van der Waals surface area (Å²) in [6.07, 6.45) is 1.17. The lowest BCUT2D eigenvalue weighted by Gasteiger charge is -2.31. The number of piperidine rings is 1. The van der Waals surface area contributed by atoms with Gasteiger partial charge in [0.25, 0.3) is 5.91 Å². The number of ether oxygens (including phenoxy) is 1. The summed E-state index contributed by atoms with van der Waals surface area (Å²) in [5.74, 6) is 0.828. The smallest absolute Gasteiger partial charge is 0.253 e. The number of para-hydroxylation sites is 1. The van der Waals surface area contributed by atoms with E-state index in [1.165, 1.54) is 0 Å². The predicted molar refractivity (Wildman–Crippen MR) is 127 cm³/mol. The zero-order valence-electron chi connectivity index (χ0n) is 17.3. The van der Waals surface area contributed by atoms with Crippen LogP contribution in [0.15, 0.2) is 72.8 Å². The van der Waals surface area contributed by atoms with Gasteiger partial charge in [-0.25, -0.2) is 0 Å². The van der Waals surface area contributed by atoms with E-state index in [1.54, 1.807) is 47.4 Å². The van der Waals surface area contributed by atoms with Crippen molar-refractivity contribution >= 4 is 40.7 Å². The lowest BCUT2D eigenvalue weighted by Crippen LogP contribution is -2.41. The Morgan fingerprint density at radius 3 is 2.22 bits per heavy atom. The molecule has 0 saturated carbocycles. The van der Waals surface area contributed by atoms with Crippen molar-refractivity contribution in [1.29, 1.82) is 0 Å². The van der Waals surface area contributed by atoms with Crippen molar-refractivity contribution in [1.82, 2.24) is 4.90 Å². The van der Waals surface area contributed by atoms with Gasteiger partial charge in [0.05, 0.1) is 5.69 Å². The van der Waals surface area contributed by atoms with Gasteiger partial charge in [0.15, 0.2) is 5.75 Å². The Bertz CT molecular complexity index is 1100. The third-order valence-corrected chi connectivity index (χ3v) is 5.90. The van der Waals surface area contributed by atoms with Crippen LogP contribution in [-0.4, -0.2) is 29.8 Å². The second kappa shape index (κ2) is 10.1. The Kier molecular flexibility index (Phi) is 6.98. The van der Waals surface area contributed by atoms with Gasteiger partial charge in [0.1, 0.15) is 5.75 Å². The van der Waals surface area contributed by atoms with Crippen molar-refractivity contribution in [3.05, 3.63) is 88.4 Å². The average molecular weight is 469 g/mol. The molecule has 0 aromatic heterocycles. The summed E-state index contributed by atoms with van der Waals surface area (Å²) in [4.78, 5) is 27.4. The topological polar surface area (TPSA) is 58.6 Å². The first-order chi connectivity index (χ1) is 15.5. The van der Waals surface area contributed by atoms with Crippen LogP contribution in [-0.2, 0) is 4.79 Å². The van der Waals surface area contributed by atoms with E-state index in [1.807, 2.05) is 30.3 Å². The standard InChI is InChI=1S/C25H22Cl2N2O3/c26-19-8-6-18(7-9-19)25(31)29-14-12-17(13-15-29)24(30)28-22-16-20(27)10-11-23(22)32-21-4-2-1-3-5-21/h1-11,16-17H,12-15H2,(H,28,30).